The molecule has 0 saturated carbocycles. The summed E-state index contributed by atoms with van der Waals surface area (Å²) in [4.78, 5) is 22.3. The van der Waals surface area contributed by atoms with E-state index in [-0.39, 0.29) is 29.5 Å². The topological polar surface area (TPSA) is 75.6 Å². The van der Waals surface area contributed by atoms with Gasteiger partial charge in [0.15, 0.2) is 0 Å². The summed E-state index contributed by atoms with van der Waals surface area (Å²) < 4.78 is 18.5. The minimum absolute atomic E-state index is 0.0198. The molecule has 0 radical (unpaired) electrons. The average molecular weight is 269 g/mol. The number of hydrogen-bond donors (Lipinski definition) is 2. The number of carboxylic acid groups (broad SMARTS) is 1. The third kappa shape index (κ3) is 4.67. The first kappa shape index (κ1) is 15.1. The Labute approximate surface area is 110 Å². The van der Waals surface area contributed by atoms with Crippen LogP contribution in [0.15, 0.2) is 18.2 Å². The summed E-state index contributed by atoms with van der Waals surface area (Å²) in [5.41, 5.74) is -0.192. The van der Waals surface area contributed by atoms with Gasteiger partial charge in [0.25, 0.3) is 0 Å². The third-order valence-corrected chi connectivity index (χ3v) is 2.48. The number of amides is 1. The molecule has 1 unspecified atom stereocenters. The van der Waals surface area contributed by atoms with Crippen LogP contribution in [-0.2, 0) is 9.53 Å². The fraction of sp³-hybridized carbons (Fsp3) is 0.385. The predicted octanol–water partition coefficient (Wildman–Crippen LogP) is 2.13. The maximum absolute atomic E-state index is 13.6. The van der Waals surface area contributed by atoms with E-state index in [9.17, 15) is 14.0 Å². The highest BCUT2D eigenvalue weighted by molar-refractivity contribution is 5.92. The van der Waals surface area contributed by atoms with Gasteiger partial charge in [-0.2, -0.15) is 0 Å². The average Bonchev–Trinajstić information content (AvgIpc) is 2.31. The summed E-state index contributed by atoms with van der Waals surface area (Å²) in [7, 11) is 1.54. The maximum Gasteiger partial charge on any atom is 0.335 e. The van der Waals surface area contributed by atoms with Gasteiger partial charge in [-0.25, -0.2) is 9.18 Å². The molecule has 6 heteroatoms. The van der Waals surface area contributed by atoms with Crippen molar-refractivity contribution in [3.05, 3.63) is 29.6 Å². The highest BCUT2D eigenvalue weighted by Gasteiger charge is 2.13. The molecule has 0 spiro atoms. The van der Waals surface area contributed by atoms with Crippen molar-refractivity contribution in [3.8, 4) is 0 Å². The lowest BCUT2D eigenvalue weighted by molar-refractivity contribution is -0.117. The van der Waals surface area contributed by atoms with Crippen molar-refractivity contribution in [2.45, 2.75) is 13.3 Å². The van der Waals surface area contributed by atoms with Crippen molar-refractivity contribution >= 4 is 17.6 Å². The van der Waals surface area contributed by atoms with Crippen LogP contribution >= 0.6 is 0 Å². The van der Waals surface area contributed by atoms with Gasteiger partial charge in [0.05, 0.1) is 11.3 Å². The molecule has 0 aliphatic rings. The molecule has 1 atom stereocenters. The van der Waals surface area contributed by atoms with E-state index in [1.54, 1.807) is 7.11 Å². The molecule has 1 amide bonds. The van der Waals surface area contributed by atoms with E-state index in [0.29, 0.717) is 6.61 Å². The number of anilines is 1. The van der Waals surface area contributed by atoms with Crippen LogP contribution in [0.5, 0.6) is 0 Å². The first-order valence-electron chi connectivity index (χ1n) is 5.75. The summed E-state index contributed by atoms with van der Waals surface area (Å²) >= 11 is 0. The van der Waals surface area contributed by atoms with E-state index in [2.05, 4.69) is 5.32 Å². The second-order valence-corrected chi connectivity index (χ2v) is 4.31. The third-order valence-electron chi connectivity index (χ3n) is 2.48. The standard InChI is InChI=1S/C13H16FNO4/c1-8(7-19-2)5-12(16)15-11-4-3-9(13(17)18)6-10(11)14/h3-4,6,8H,5,7H2,1-2H3,(H,15,16)(H,17,18). The number of nitrogens with one attached hydrogen (secondary N) is 1. The summed E-state index contributed by atoms with van der Waals surface area (Å²) in [5, 5.41) is 11.1. The van der Waals surface area contributed by atoms with Crippen molar-refractivity contribution in [3.63, 3.8) is 0 Å². The summed E-state index contributed by atoms with van der Waals surface area (Å²) in [6.07, 6.45) is 0.202. The molecule has 104 valence electrons. The monoisotopic (exact) mass is 269 g/mol. The van der Waals surface area contributed by atoms with Crippen molar-refractivity contribution in [2.75, 3.05) is 19.0 Å². The van der Waals surface area contributed by atoms with Crippen LogP contribution in [0.3, 0.4) is 0 Å². The van der Waals surface area contributed by atoms with Gasteiger partial charge >= 0.3 is 5.97 Å². The van der Waals surface area contributed by atoms with E-state index >= 15 is 0 Å². The Balaban J connectivity index is 2.67. The molecule has 1 aromatic carbocycles. The Hall–Kier alpha value is -1.95. The van der Waals surface area contributed by atoms with Gasteiger partial charge in [0.1, 0.15) is 5.82 Å². The maximum atomic E-state index is 13.6. The van der Waals surface area contributed by atoms with Crippen LogP contribution in [-0.4, -0.2) is 30.7 Å². The summed E-state index contributed by atoms with van der Waals surface area (Å²) in [5.74, 6) is -2.31. The SMILES string of the molecule is COCC(C)CC(=O)Nc1ccc(C(=O)O)cc1F. The zero-order chi connectivity index (χ0) is 14.4. The quantitative estimate of drug-likeness (QED) is 0.829. The van der Waals surface area contributed by atoms with E-state index in [1.165, 1.54) is 12.1 Å². The van der Waals surface area contributed by atoms with E-state index < -0.39 is 11.8 Å². The van der Waals surface area contributed by atoms with Crippen molar-refractivity contribution in [1.82, 2.24) is 0 Å². The molecule has 0 fully saturated rings. The number of methoxy groups -OCH3 is 1. The Bertz CT molecular complexity index is 476. The van der Waals surface area contributed by atoms with Gasteiger partial charge in [0.2, 0.25) is 5.91 Å². The fourth-order valence-corrected chi connectivity index (χ4v) is 1.61. The van der Waals surface area contributed by atoms with Crippen LogP contribution in [0, 0.1) is 11.7 Å². The minimum atomic E-state index is -1.22. The van der Waals surface area contributed by atoms with Crippen molar-refractivity contribution in [1.29, 1.82) is 0 Å². The molecule has 0 aliphatic heterocycles. The Morgan fingerprint density at radius 1 is 1.47 bits per heavy atom. The van der Waals surface area contributed by atoms with Gasteiger partial charge in [-0.3, -0.25) is 4.79 Å². The van der Waals surface area contributed by atoms with Crippen molar-refractivity contribution in [2.24, 2.45) is 5.92 Å². The van der Waals surface area contributed by atoms with E-state index in [1.807, 2.05) is 6.92 Å². The first-order chi connectivity index (χ1) is 8.93. The van der Waals surface area contributed by atoms with Gasteiger partial charge < -0.3 is 15.2 Å². The molecule has 1 rings (SSSR count). The second kappa shape index (κ2) is 6.84. The van der Waals surface area contributed by atoms with Crippen LogP contribution in [0.1, 0.15) is 23.7 Å². The normalized spacial score (nSPS) is 11.9. The zero-order valence-corrected chi connectivity index (χ0v) is 10.8. The zero-order valence-electron chi connectivity index (χ0n) is 10.8. The lowest BCUT2D eigenvalue weighted by atomic mass is 10.1. The lowest BCUT2D eigenvalue weighted by Crippen LogP contribution is -2.18. The molecule has 19 heavy (non-hydrogen) atoms. The summed E-state index contributed by atoms with van der Waals surface area (Å²) in [6, 6.07) is 3.34. The predicted molar refractivity (Wildman–Crippen MR) is 67.6 cm³/mol. The second-order valence-electron chi connectivity index (χ2n) is 4.31. The number of halogens is 1. The molecule has 0 aliphatic carbocycles. The smallest absolute Gasteiger partial charge is 0.335 e. The molecule has 0 saturated heterocycles. The molecule has 0 aromatic heterocycles. The number of carboxylic acids is 1. The van der Waals surface area contributed by atoms with Gasteiger partial charge in [-0.05, 0) is 24.1 Å². The number of carbonyl (C=O) groups is 2. The van der Waals surface area contributed by atoms with E-state index in [4.69, 9.17) is 9.84 Å². The number of hydrogen-bond acceptors (Lipinski definition) is 3. The van der Waals surface area contributed by atoms with Crippen LogP contribution in [0.25, 0.3) is 0 Å². The molecular weight excluding hydrogens is 253 g/mol. The number of benzene rings is 1. The van der Waals surface area contributed by atoms with Gasteiger partial charge in [0, 0.05) is 20.1 Å². The van der Waals surface area contributed by atoms with Crippen LogP contribution in [0.2, 0.25) is 0 Å². The van der Waals surface area contributed by atoms with Crippen LogP contribution in [0.4, 0.5) is 10.1 Å². The first-order valence-corrected chi connectivity index (χ1v) is 5.75. The van der Waals surface area contributed by atoms with Crippen LogP contribution < -0.4 is 5.32 Å². The lowest BCUT2D eigenvalue weighted by Gasteiger charge is -2.11. The molecule has 0 bridgehead atoms. The highest BCUT2D eigenvalue weighted by Crippen LogP contribution is 2.16. The highest BCUT2D eigenvalue weighted by atomic mass is 19.1. The Morgan fingerprint density at radius 3 is 2.68 bits per heavy atom. The number of ether oxygens (including phenoxy) is 1. The minimum Gasteiger partial charge on any atom is -0.478 e. The number of carbonyl (C=O) groups excluding carboxylic acids is 1. The molecule has 5 nitrogen and oxygen atoms in total. The Morgan fingerprint density at radius 2 is 2.16 bits per heavy atom. The van der Waals surface area contributed by atoms with Gasteiger partial charge in [-0.15, -0.1) is 0 Å². The van der Waals surface area contributed by atoms with Crippen molar-refractivity contribution < 1.29 is 23.8 Å². The number of aromatic carboxylic acids is 1. The molecular formula is C13H16FNO4. The summed E-state index contributed by atoms with van der Waals surface area (Å²) in [6.45, 7) is 2.28. The van der Waals surface area contributed by atoms with Gasteiger partial charge in [-0.1, -0.05) is 6.92 Å². The largest absolute Gasteiger partial charge is 0.478 e. The fourth-order valence-electron chi connectivity index (χ4n) is 1.61. The number of rotatable bonds is 6. The van der Waals surface area contributed by atoms with E-state index in [0.717, 1.165) is 6.07 Å². The Kier molecular flexibility index (Phi) is 5.44. The molecule has 0 heterocycles. The molecule has 2 N–H and O–H groups in total. The molecule has 1 aromatic rings.